The Labute approximate surface area is 203 Å². The number of halogens is 1. The Kier molecular flexibility index (Phi) is 9.49. The number of carbonyl (C=O) groups excluding carboxylic acids is 2. The summed E-state index contributed by atoms with van der Waals surface area (Å²) in [7, 11) is 0. The monoisotopic (exact) mass is 480 g/mol. The molecule has 0 bridgehead atoms. The molecule has 0 fully saturated rings. The van der Waals surface area contributed by atoms with Crippen LogP contribution in [0.15, 0.2) is 77.9 Å². The van der Waals surface area contributed by atoms with E-state index in [4.69, 9.17) is 25.8 Å². The molecule has 3 rings (SSSR count). The fraction of sp³-hybridized carbons (Fsp3) is 0.192. The van der Waals surface area contributed by atoms with Gasteiger partial charge in [-0.25, -0.2) is 10.2 Å². The summed E-state index contributed by atoms with van der Waals surface area (Å²) >= 11 is 5.85. The minimum atomic E-state index is -0.531. The summed E-state index contributed by atoms with van der Waals surface area (Å²) in [6.45, 7) is 2.56. The summed E-state index contributed by atoms with van der Waals surface area (Å²) in [5.41, 5.74) is 3.27. The lowest BCUT2D eigenvalue weighted by atomic mass is 10.2. The van der Waals surface area contributed by atoms with Gasteiger partial charge in [-0.15, -0.1) is 0 Å². The Hall–Kier alpha value is -3.84. The molecule has 7 nitrogen and oxygen atoms in total. The number of para-hydroxylation sites is 1. The van der Waals surface area contributed by atoms with Crippen LogP contribution in [0.3, 0.4) is 0 Å². The Morgan fingerprint density at radius 3 is 2.32 bits per heavy atom. The van der Waals surface area contributed by atoms with Gasteiger partial charge < -0.3 is 14.2 Å². The van der Waals surface area contributed by atoms with E-state index in [-0.39, 0.29) is 6.61 Å². The maximum absolute atomic E-state index is 12.4. The SMILES string of the molecule is CCCCOc1ccc(OCC(=O)NN=Cc2ccccc2OC(=O)c2ccc(Cl)cc2)cc1. The number of hydrazone groups is 1. The van der Waals surface area contributed by atoms with E-state index in [1.54, 1.807) is 72.8 Å². The highest BCUT2D eigenvalue weighted by molar-refractivity contribution is 6.30. The quantitative estimate of drug-likeness (QED) is 0.133. The average Bonchev–Trinajstić information content (AvgIpc) is 2.85. The molecule has 0 saturated carbocycles. The number of nitrogens with zero attached hydrogens (tertiary/aromatic N) is 1. The molecule has 0 aliphatic heterocycles. The number of nitrogens with one attached hydrogen (secondary N) is 1. The summed E-state index contributed by atoms with van der Waals surface area (Å²) in [6.07, 6.45) is 3.46. The van der Waals surface area contributed by atoms with Crippen molar-refractivity contribution in [1.82, 2.24) is 5.43 Å². The largest absolute Gasteiger partial charge is 0.494 e. The predicted molar refractivity (Wildman–Crippen MR) is 131 cm³/mol. The van der Waals surface area contributed by atoms with Crippen LogP contribution in [0.5, 0.6) is 17.2 Å². The number of benzene rings is 3. The number of unbranched alkanes of at least 4 members (excludes halogenated alkanes) is 1. The summed E-state index contributed by atoms with van der Waals surface area (Å²) in [5.74, 6) is 0.636. The molecule has 0 unspecified atom stereocenters. The van der Waals surface area contributed by atoms with Gasteiger partial charge in [-0.2, -0.15) is 5.10 Å². The van der Waals surface area contributed by atoms with Crippen LogP contribution in [0.1, 0.15) is 35.7 Å². The molecule has 3 aromatic rings. The topological polar surface area (TPSA) is 86.2 Å². The number of rotatable bonds is 11. The lowest BCUT2D eigenvalue weighted by molar-refractivity contribution is -0.123. The first-order valence-corrected chi connectivity index (χ1v) is 11.2. The maximum Gasteiger partial charge on any atom is 0.343 e. The van der Waals surface area contributed by atoms with Gasteiger partial charge in [0, 0.05) is 10.6 Å². The first-order valence-electron chi connectivity index (χ1n) is 10.8. The second-order valence-electron chi connectivity index (χ2n) is 7.19. The van der Waals surface area contributed by atoms with Crippen LogP contribution in [0.2, 0.25) is 5.02 Å². The minimum Gasteiger partial charge on any atom is -0.494 e. The van der Waals surface area contributed by atoms with Crippen molar-refractivity contribution in [3.63, 3.8) is 0 Å². The van der Waals surface area contributed by atoms with Gasteiger partial charge in [0.05, 0.1) is 18.4 Å². The van der Waals surface area contributed by atoms with Crippen LogP contribution in [0.25, 0.3) is 0 Å². The van der Waals surface area contributed by atoms with Gasteiger partial charge in [-0.1, -0.05) is 37.1 Å². The van der Waals surface area contributed by atoms with Gasteiger partial charge in [-0.05, 0) is 67.1 Å². The van der Waals surface area contributed by atoms with Crippen molar-refractivity contribution in [1.29, 1.82) is 0 Å². The second-order valence-corrected chi connectivity index (χ2v) is 7.63. The van der Waals surface area contributed by atoms with Crippen molar-refractivity contribution in [3.8, 4) is 17.2 Å². The molecule has 0 saturated heterocycles. The van der Waals surface area contributed by atoms with E-state index < -0.39 is 11.9 Å². The number of esters is 1. The zero-order chi connectivity index (χ0) is 24.2. The fourth-order valence-corrected chi connectivity index (χ4v) is 2.87. The molecular weight excluding hydrogens is 456 g/mol. The van der Waals surface area contributed by atoms with E-state index in [1.165, 1.54) is 6.21 Å². The van der Waals surface area contributed by atoms with E-state index in [0.29, 0.717) is 34.3 Å². The average molecular weight is 481 g/mol. The molecule has 0 aromatic heterocycles. The molecule has 0 aliphatic carbocycles. The smallest absolute Gasteiger partial charge is 0.343 e. The summed E-state index contributed by atoms with van der Waals surface area (Å²) in [6, 6.07) is 20.3. The van der Waals surface area contributed by atoms with Crippen molar-refractivity contribution in [2.75, 3.05) is 13.2 Å². The highest BCUT2D eigenvalue weighted by Crippen LogP contribution is 2.19. The van der Waals surface area contributed by atoms with Crippen molar-refractivity contribution in [2.24, 2.45) is 5.10 Å². The van der Waals surface area contributed by atoms with E-state index in [2.05, 4.69) is 17.5 Å². The summed E-state index contributed by atoms with van der Waals surface area (Å²) in [4.78, 5) is 24.4. The van der Waals surface area contributed by atoms with Crippen LogP contribution >= 0.6 is 11.6 Å². The standard InChI is InChI=1S/C26H25ClN2O5/c1-2-3-16-32-22-12-14-23(15-13-22)33-18-25(30)29-28-17-20-6-4-5-7-24(20)34-26(31)19-8-10-21(27)11-9-19/h4-15,17H,2-3,16,18H2,1H3,(H,29,30). The number of amides is 1. The first-order chi connectivity index (χ1) is 16.5. The summed E-state index contributed by atoms with van der Waals surface area (Å²) < 4.78 is 16.5. The molecule has 1 amide bonds. The molecule has 3 aromatic carbocycles. The molecule has 0 heterocycles. The Morgan fingerprint density at radius 2 is 1.62 bits per heavy atom. The third kappa shape index (κ3) is 7.94. The van der Waals surface area contributed by atoms with Crippen molar-refractivity contribution in [2.45, 2.75) is 19.8 Å². The van der Waals surface area contributed by atoms with Crippen molar-refractivity contribution >= 4 is 29.7 Å². The third-order valence-corrected chi connectivity index (χ3v) is 4.81. The van der Waals surface area contributed by atoms with Gasteiger partial charge >= 0.3 is 5.97 Å². The minimum absolute atomic E-state index is 0.208. The van der Waals surface area contributed by atoms with Crippen LogP contribution in [0.4, 0.5) is 0 Å². The van der Waals surface area contributed by atoms with Gasteiger partial charge in [0.15, 0.2) is 6.61 Å². The van der Waals surface area contributed by atoms with Gasteiger partial charge in [0.1, 0.15) is 17.2 Å². The lowest BCUT2D eigenvalue weighted by Crippen LogP contribution is -2.24. The molecule has 8 heteroatoms. The Balaban J connectivity index is 1.49. The number of carbonyl (C=O) groups is 2. The highest BCUT2D eigenvalue weighted by atomic mass is 35.5. The third-order valence-electron chi connectivity index (χ3n) is 4.55. The Bertz CT molecular complexity index is 1110. The fourth-order valence-electron chi connectivity index (χ4n) is 2.75. The van der Waals surface area contributed by atoms with Crippen molar-refractivity contribution < 1.29 is 23.8 Å². The molecule has 0 atom stereocenters. The number of hydrogen-bond donors (Lipinski definition) is 1. The molecule has 1 N–H and O–H groups in total. The lowest BCUT2D eigenvalue weighted by Gasteiger charge is -2.08. The van der Waals surface area contributed by atoms with Gasteiger partial charge in [0.2, 0.25) is 0 Å². The molecule has 0 radical (unpaired) electrons. The van der Waals surface area contributed by atoms with Gasteiger partial charge in [-0.3, -0.25) is 4.79 Å². The van der Waals surface area contributed by atoms with Crippen LogP contribution < -0.4 is 19.6 Å². The second kappa shape index (κ2) is 13.0. The van der Waals surface area contributed by atoms with Crippen LogP contribution in [-0.4, -0.2) is 31.3 Å². The van der Waals surface area contributed by atoms with Gasteiger partial charge in [0.25, 0.3) is 5.91 Å². The number of hydrogen-bond acceptors (Lipinski definition) is 6. The highest BCUT2D eigenvalue weighted by Gasteiger charge is 2.11. The number of ether oxygens (including phenoxy) is 3. The summed E-state index contributed by atoms with van der Waals surface area (Å²) in [5, 5.41) is 4.45. The van der Waals surface area contributed by atoms with E-state index in [0.717, 1.165) is 18.6 Å². The van der Waals surface area contributed by atoms with E-state index in [1.807, 2.05) is 0 Å². The normalized spacial score (nSPS) is 10.6. The van der Waals surface area contributed by atoms with Crippen LogP contribution in [0, 0.1) is 0 Å². The van der Waals surface area contributed by atoms with E-state index in [9.17, 15) is 9.59 Å². The predicted octanol–water partition coefficient (Wildman–Crippen LogP) is 5.27. The Morgan fingerprint density at radius 1 is 0.941 bits per heavy atom. The van der Waals surface area contributed by atoms with Crippen molar-refractivity contribution in [3.05, 3.63) is 88.9 Å². The first kappa shape index (κ1) is 24.8. The molecule has 0 aliphatic rings. The molecule has 176 valence electrons. The molecule has 34 heavy (non-hydrogen) atoms. The molecular formula is C26H25ClN2O5. The maximum atomic E-state index is 12.4. The van der Waals surface area contributed by atoms with Crippen LogP contribution in [-0.2, 0) is 4.79 Å². The van der Waals surface area contributed by atoms with E-state index >= 15 is 0 Å². The zero-order valence-corrected chi connectivity index (χ0v) is 19.5. The molecule has 0 spiro atoms. The zero-order valence-electron chi connectivity index (χ0n) is 18.7.